The van der Waals surface area contributed by atoms with Gasteiger partial charge in [0.05, 0.1) is 35.1 Å². The van der Waals surface area contributed by atoms with Crippen molar-refractivity contribution in [2.75, 3.05) is 0 Å². The number of benzene rings is 9. The second kappa shape index (κ2) is 20.0. The van der Waals surface area contributed by atoms with E-state index in [2.05, 4.69) is 294 Å². The van der Waals surface area contributed by atoms with Gasteiger partial charge in [-0.25, -0.2) is 0 Å². The average molecular weight is 1070 g/mol. The number of allylic oxidation sites excluding steroid dienone is 3. The van der Waals surface area contributed by atoms with Crippen LogP contribution in [0, 0.1) is 0 Å². The first kappa shape index (κ1) is 49.0. The molecule has 3 aliphatic heterocycles. The van der Waals surface area contributed by atoms with Crippen LogP contribution in [0.4, 0.5) is 0 Å². The van der Waals surface area contributed by atoms with Crippen LogP contribution in [-0.2, 0) is 25.9 Å². The summed E-state index contributed by atoms with van der Waals surface area (Å²) in [5.41, 5.74) is 24.1. The largest absolute Gasteiger partial charge is 0.344 e. The fourth-order valence-electron chi connectivity index (χ4n) is 14.1. The van der Waals surface area contributed by atoms with Gasteiger partial charge in [-0.1, -0.05) is 147 Å². The van der Waals surface area contributed by atoms with Gasteiger partial charge >= 0.3 is 6.67 Å². The predicted octanol–water partition coefficient (Wildman–Crippen LogP) is 17.4. The van der Waals surface area contributed by atoms with E-state index in [-0.39, 0.29) is 0 Å². The van der Waals surface area contributed by atoms with Crippen LogP contribution in [-0.4, -0.2) is 0 Å². The van der Waals surface area contributed by atoms with Gasteiger partial charge in [-0.2, -0.15) is 9.13 Å². The lowest BCUT2D eigenvalue weighted by molar-refractivity contribution is -0.903. The molecule has 83 heavy (non-hydrogen) atoms. The second-order valence-corrected chi connectivity index (χ2v) is 23.1. The molecule has 4 nitrogen and oxygen atoms in total. The van der Waals surface area contributed by atoms with Crippen LogP contribution in [0.25, 0.3) is 128 Å². The van der Waals surface area contributed by atoms with Crippen LogP contribution >= 0.6 is 0 Å². The van der Waals surface area contributed by atoms with Crippen LogP contribution < -0.4 is 18.3 Å². The Hall–Kier alpha value is -9.90. The SMILES string of the molecule is CCC(CC)c1cc[n+]2c(c1)-c1cc3c(ccc4ccccc43)cc1C/C2=C1/Cc2ccccc2-c2cc(-c3ccc4ccc5cc6c(cc5c4c3)-c3cccc[n+]3C[n+]3ccccc3-c3cc(-c4ccccc4)ccc3C/C=C/6)cc[n+]21. The van der Waals surface area contributed by atoms with Gasteiger partial charge < -0.3 is 0 Å². The minimum absolute atomic E-state index is 0.510. The summed E-state index contributed by atoms with van der Waals surface area (Å²) in [4.78, 5) is 0. The lowest BCUT2D eigenvalue weighted by Gasteiger charge is -2.23. The lowest BCUT2D eigenvalue weighted by Crippen LogP contribution is -2.53. The van der Waals surface area contributed by atoms with Crippen LogP contribution in [0.15, 0.2) is 255 Å². The zero-order chi connectivity index (χ0) is 55.1. The highest BCUT2D eigenvalue weighted by Gasteiger charge is 2.39. The fraction of sp³-hybridized carbons (Fsp3) is 0.114. The maximum absolute atomic E-state index is 2.53. The first-order valence-electron chi connectivity index (χ1n) is 29.7. The normalized spacial score (nSPS) is 14.6. The van der Waals surface area contributed by atoms with E-state index in [9.17, 15) is 0 Å². The number of hydrogen-bond donors (Lipinski definition) is 0. The molecular weight excluding hydrogens is 1000 g/mol. The number of aromatic nitrogens is 4. The molecular formula is C79H62N4+4. The third-order valence-corrected chi connectivity index (χ3v) is 18.5. The highest BCUT2D eigenvalue weighted by molar-refractivity contribution is 6.11. The standard InChI is InChI=1S/C79H62N4/c1-3-52(4-2)59-35-39-83-77(45-59)73-49-69-64(33-29-54-19-8-10-23-66(54)69)42-65(73)48-79(83)78-47-62-20-9-11-24-67(62)76-46-60(36-40-82(76)78)58-32-28-56-30-34-63-41-61-22-16-21-55-27-31-57(53-17-6-5-7-18-53)44-71(55)74-25-12-14-37-80(74)51-81-38-15-13-26-75(81)72(61)50-70(63)68(56)43-58/h5-20,22-46,49-50,52H,3-4,21,47-48,51H2,1-2H3/q+4/b22-16+,79-78+. The van der Waals surface area contributed by atoms with Crippen molar-refractivity contribution in [2.24, 2.45) is 0 Å². The molecule has 4 aromatic heterocycles. The summed E-state index contributed by atoms with van der Waals surface area (Å²) in [5, 5.41) is 10.2. The van der Waals surface area contributed by atoms with Crippen molar-refractivity contribution in [1.29, 1.82) is 0 Å². The maximum Gasteiger partial charge on any atom is 0.344 e. The monoisotopic (exact) mass is 1070 g/mol. The van der Waals surface area contributed by atoms with Crippen molar-refractivity contribution >= 4 is 60.6 Å². The van der Waals surface area contributed by atoms with Crippen molar-refractivity contribution in [3.63, 3.8) is 0 Å². The van der Waals surface area contributed by atoms with Gasteiger partial charge in [-0.05, 0) is 173 Å². The topological polar surface area (TPSA) is 15.5 Å². The van der Waals surface area contributed by atoms with Crippen LogP contribution in [0.2, 0.25) is 0 Å². The Morgan fingerprint density at radius 3 is 1.77 bits per heavy atom. The molecule has 0 fully saturated rings. The van der Waals surface area contributed by atoms with Gasteiger partial charge in [0.25, 0.3) is 11.4 Å². The Bertz CT molecular complexity index is 4890. The summed E-state index contributed by atoms with van der Waals surface area (Å²) in [6.45, 7) is 5.32. The third-order valence-electron chi connectivity index (χ3n) is 18.5. The van der Waals surface area contributed by atoms with Gasteiger partial charge in [0.2, 0.25) is 22.8 Å². The molecule has 13 aromatic rings. The van der Waals surface area contributed by atoms with Gasteiger partial charge in [-0.3, -0.25) is 0 Å². The molecule has 0 spiro atoms. The molecule has 0 unspecified atom stereocenters. The quantitative estimate of drug-likeness (QED) is 0.121. The smallest absolute Gasteiger partial charge is 0.158 e. The van der Waals surface area contributed by atoms with E-state index >= 15 is 0 Å². The predicted molar refractivity (Wildman–Crippen MR) is 341 cm³/mol. The Kier molecular flexibility index (Phi) is 11.8. The highest BCUT2D eigenvalue weighted by Crippen LogP contribution is 2.42. The molecule has 7 heterocycles. The molecule has 0 N–H and O–H groups in total. The van der Waals surface area contributed by atoms with Crippen molar-refractivity contribution in [1.82, 2.24) is 0 Å². The van der Waals surface area contributed by atoms with E-state index in [1.165, 1.54) is 150 Å². The molecule has 0 aliphatic carbocycles. The molecule has 0 amide bonds. The summed E-state index contributed by atoms with van der Waals surface area (Å²) in [6.07, 6.45) is 18.6. The van der Waals surface area contributed by atoms with Crippen molar-refractivity contribution in [3.05, 3.63) is 283 Å². The first-order chi connectivity index (χ1) is 41.0. The fourth-order valence-corrected chi connectivity index (χ4v) is 14.1. The number of nitrogens with zero attached hydrogens (tertiary/aromatic N) is 4. The number of pyridine rings is 4. The molecule has 0 radical (unpaired) electrons. The Labute approximate surface area is 485 Å². The van der Waals surface area contributed by atoms with E-state index in [0.717, 1.165) is 32.1 Å². The Morgan fingerprint density at radius 2 is 0.952 bits per heavy atom. The van der Waals surface area contributed by atoms with Gasteiger partial charge in [-0.15, -0.1) is 9.13 Å². The number of hydrogen-bond acceptors (Lipinski definition) is 0. The summed E-state index contributed by atoms with van der Waals surface area (Å²) in [5.74, 6) is 0.510. The van der Waals surface area contributed by atoms with Crippen LogP contribution in [0.5, 0.6) is 0 Å². The second-order valence-electron chi connectivity index (χ2n) is 23.1. The lowest BCUT2D eigenvalue weighted by atomic mass is 9.86. The third kappa shape index (κ3) is 8.34. The average Bonchev–Trinajstić information content (AvgIpc) is 3.69. The number of fused-ring (bicyclic) bond motifs is 18. The van der Waals surface area contributed by atoms with E-state index in [0.29, 0.717) is 12.6 Å². The van der Waals surface area contributed by atoms with E-state index in [1.807, 2.05) is 0 Å². The van der Waals surface area contributed by atoms with Crippen LogP contribution in [0.3, 0.4) is 0 Å². The summed E-state index contributed by atoms with van der Waals surface area (Å²) < 4.78 is 9.85. The molecule has 0 atom stereocenters. The minimum Gasteiger partial charge on any atom is -0.158 e. The number of rotatable bonds is 5. The van der Waals surface area contributed by atoms with Crippen molar-refractivity contribution < 1.29 is 18.3 Å². The molecule has 3 aliphatic rings. The van der Waals surface area contributed by atoms with E-state index < -0.39 is 0 Å². The van der Waals surface area contributed by atoms with Crippen molar-refractivity contribution in [3.8, 4) is 67.3 Å². The Morgan fingerprint density at radius 1 is 0.361 bits per heavy atom. The Balaban J connectivity index is 0.828. The highest BCUT2D eigenvalue weighted by atomic mass is 15.1. The summed E-state index contributed by atoms with van der Waals surface area (Å²) in [6, 6.07) is 84.7. The maximum atomic E-state index is 2.53. The minimum atomic E-state index is 0.510. The molecule has 16 rings (SSSR count). The van der Waals surface area contributed by atoms with Gasteiger partial charge in [0.1, 0.15) is 0 Å². The van der Waals surface area contributed by atoms with E-state index in [4.69, 9.17) is 0 Å². The molecule has 394 valence electrons. The molecule has 0 bridgehead atoms. The summed E-state index contributed by atoms with van der Waals surface area (Å²) >= 11 is 0. The van der Waals surface area contributed by atoms with Gasteiger partial charge in [0.15, 0.2) is 24.8 Å². The zero-order valence-corrected chi connectivity index (χ0v) is 46.9. The molecule has 0 saturated heterocycles. The molecule has 0 saturated carbocycles. The van der Waals surface area contributed by atoms with Gasteiger partial charge in [0, 0.05) is 48.5 Å². The molecule has 4 heteroatoms. The summed E-state index contributed by atoms with van der Waals surface area (Å²) in [7, 11) is 0. The van der Waals surface area contributed by atoms with E-state index in [1.54, 1.807) is 0 Å². The first-order valence-corrected chi connectivity index (χ1v) is 29.7. The van der Waals surface area contributed by atoms with Crippen LogP contribution in [0.1, 0.15) is 60.4 Å². The zero-order valence-electron chi connectivity index (χ0n) is 46.9. The van der Waals surface area contributed by atoms with Crippen molar-refractivity contribution in [2.45, 2.75) is 58.5 Å². The molecule has 9 aromatic carbocycles.